The number of ketones is 1. The minimum absolute atomic E-state index is 0.0760. The van der Waals surface area contributed by atoms with Crippen LogP contribution in [0.25, 0.3) is 10.9 Å². The maximum absolute atomic E-state index is 13.9. The molecule has 0 amide bonds. The van der Waals surface area contributed by atoms with Gasteiger partial charge in [0.15, 0.2) is 5.78 Å². The Kier molecular flexibility index (Phi) is 7.17. The molecule has 0 aliphatic heterocycles. The Labute approximate surface area is 200 Å². The summed E-state index contributed by atoms with van der Waals surface area (Å²) >= 11 is 0. The van der Waals surface area contributed by atoms with E-state index in [-0.39, 0.29) is 24.7 Å². The van der Waals surface area contributed by atoms with Crippen LogP contribution in [0, 0.1) is 11.6 Å². The Bertz CT molecular complexity index is 1360. The third kappa shape index (κ3) is 5.20. The van der Waals surface area contributed by atoms with Gasteiger partial charge < -0.3 is 29.6 Å². The molecule has 3 N–H and O–H groups in total. The van der Waals surface area contributed by atoms with Crippen molar-refractivity contribution >= 4 is 22.4 Å². The molecule has 0 radical (unpaired) electrons. The molecule has 1 aromatic heterocycles. The first-order valence-corrected chi connectivity index (χ1v) is 10.8. The molecule has 3 aromatic carbocycles. The van der Waals surface area contributed by atoms with Gasteiger partial charge in [0.1, 0.15) is 41.5 Å². The Hall–Kier alpha value is -4.11. The number of H-pyrrole nitrogens is 1. The standard InChI is InChI=1S/C26H24F2N2O5/c1-33-18-11-17(12-19(13-18)35-8-7-31)30-25(21-6-4-16(28)10-24(21)34-2)26(32)22-14-29-23-9-15(27)3-5-20(22)23/h3-6,9-14,25,29-31H,7-8H2,1-2H3. The van der Waals surface area contributed by atoms with Crippen LogP contribution in [0.15, 0.2) is 60.8 Å². The monoisotopic (exact) mass is 482 g/mol. The molecule has 0 bridgehead atoms. The van der Waals surface area contributed by atoms with Crippen molar-refractivity contribution in [2.24, 2.45) is 0 Å². The average molecular weight is 482 g/mol. The number of hydrogen-bond donors (Lipinski definition) is 3. The molecule has 7 nitrogen and oxygen atoms in total. The minimum atomic E-state index is -1.01. The Balaban J connectivity index is 1.80. The summed E-state index contributed by atoms with van der Waals surface area (Å²) in [7, 11) is 2.88. The van der Waals surface area contributed by atoms with Crippen LogP contribution in [0.4, 0.5) is 14.5 Å². The van der Waals surface area contributed by atoms with Gasteiger partial charge in [0, 0.05) is 58.2 Å². The first-order valence-electron chi connectivity index (χ1n) is 10.8. The zero-order chi connectivity index (χ0) is 24.9. The SMILES string of the molecule is COc1cc(NC(C(=O)c2c[nH]c3cc(F)ccc23)c2ccc(F)cc2OC)cc(OCCO)c1. The zero-order valence-electron chi connectivity index (χ0n) is 19.1. The summed E-state index contributed by atoms with van der Waals surface area (Å²) in [6, 6.07) is 12.0. The third-order valence-corrected chi connectivity index (χ3v) is 5.46. The first kappa shape index (κ1) is 24.0. The molecule has 1 heterocycles. The summed E-state index contributed by atoms with van der Waals surface area (Å²) in [4.78, 5) is 16.8. The summed E-state index contributed by atoms with van der Waals surface area (Å²) in [6.45, 7) is -0.0956. The molecule has 0 fully saturated rings. The van der Waals surface area contributed by atoms with Crippen LogP contribution in [-0.4, -0.2) is 43.3 Å². The quantitative estimate of drug-likeness (QED) is 0.279. The molecule has 4 aromatic rings. The number of benzene rings is 3. The summed E-state index contributed by atoms with van der Waals surface area (Å²) in [5, 5.41) is 12.8. The van der Waals surface area contributed by atoms with Gasteiger partial charge in [0.05, 0.1) is 20.8 Å². The molecule has 1 unspecified atom stereocenters. The molecule has 4 rings (SSSR count). The van der Waals surface area contributed by atoms with E-state index in [1.165, 1.54) is 56.8 Å². The highest BCUT2D eigenvalue weighted by atomic mass is 19.1. The molecule has 0 aliphatic rings. The van der Waals surface area contributed by atoms with E-state index in [0.29, 0.717) is 39.2 Å². The number of ether oxygens (including phenoxy) is 3. The smallest absolute Gasteiger partial charge is 0.191 e. The zero-order valence-corrected chi connectivity index (χ0v) is 19.1. The number of aliphatic hydroxyl groups excluding tert-OH is 1. The van der Waals surface area contributed by atoms with Crippen LogP contribution in [0.1, 0.15) is 22.0 Å². The van der Waals surface area contributed by atoms with Crippen molar-refractivity contribution in [3.05, 3.63) is 83.6 Å². The maximum atomic E-state index is 13.9. The van der Waals surface area contributed by atoms with Crippen LogP contribution in [0.3, 0.4) is 0 Å². The lowest BCUT2D eigenvalue weighted by atomic mass is 9.95. The second kappa shape index (κ2) is 10.4. The highest BCUT2D eigenvalue weighted by molar-refractivity contribution is 6.11. The van der Waals surface area contributed by atoms with Gasteiger partial charge in [0.2, 0.25) is 0 Å². The van der Waals surface area contributed by atoms with Gasteiger partial charge in [-0.1, -0.05) is 0 Å². The number of methoxy groups -OCH3 is 2. The van der Waals surface area contributed by atoms with Gasteiger partial charge in [-0.25, -0.2) is 8.78 Å². The predicted molar refractivity (Wildman–Crippen MR) is 127 cm³/mol. The van der Waals surface area contributed by atoms with Crippen molar-refractivity contribution in [1.82, 2.24) is 4.98 Å². The number of Topliss-reactive ketones (excluding diaryl/α,β-unsaturated/α-hetero) is 1. The van der Waals surface area contributed by atoms with Gasteiger partial charge >= 0.3 is 0 Å². The van der Waals surface area contributed by atoms with Crippen LogP contribution in [0.2, 0.25) is 0 Å². The first-order chi connectivity index (χ1) is 16.9. The van der Waals surface area contributed by atoms with Crippen molar-refractivity contribution < 1.29 is 32.9 Å². The van der Waals surface area contributed by atoms with Gasteiger partial charge in [-0.05, 0) is 30.3 Å². The van der Waals surface area contributed by atoms with Crippen LogP contribution in [-0.2, 0) is 0 Å². The van der Waals surface area contributed by atoms with E-state index in [4.69, 9.17) is 19.3 Å². The van der Waals surface area contributed by atoms with E-state index < -0.39 is 17.7 Å². The van der Waals surface area contributed by atoms with Gasteiger partial charge in [0.25, 0.3) is 0 Å². The molecular weight excluding hydrogens is 458 g/mol. The molecule has 0 saturated carbocycles. The highest BCUT2D eigenvalue weighted by Crippen LogP contribution is 2.35. The Morgan fingerprint density at radius 1 is 1.00 bits per heavy atom. The number of hydrogen-bond acceptors (Lipinski definition) is 6. The summed E-state index contributed by atoms with van der Waals surface area (Å²) in [5.41, 5.74) is 1.67. The molecule has 35 heavy (non-hydrogen) atoms. The van der Waals surface area contributed by atoms with Gasteiger partial charge in [-0.15, -0.1) is 0 Å². The predicted octanol–water partition coefficient (Wildman–Crippen LogP) is 4.87. The number of halogens is 2. The maximum Gasteiger partial charge on any atom is 0.191 e. The molecule has 0 spiro atoms. The topological polar surface area (TPSA) is 92.8 Å². The second-order valence-electron chi connectivity index (χ2n) is 7.69. The number of carbonyl (C=O) groups is 1. The fraction of sp³-hybridized carbons (Fsp3) is 0.192. The normalized spacial score (nSPS) is 11.8. The van der Waals surface area contributed by atoms with Crippen LogP contribution in [0.5, 0.6) is 17.2 Å². The van der Waals surface area contributed by atoms with Gasteiger partial charge in [-0.3, -0.25) is 4.79 Å². The van der Waals surface area contributed by atoms with E-state index >= 15 is 0 Å². The number of nitrogens with one attached hydrogen (secondary N) is 2. The van der Waals surface area contributed by atoms with Crippen molar-refractivity contribution in [2.75, 3.05) is 32.8 Å². The van der Waals surface area contributed by atoms with E-state index in [0.717, 1.165) is 0 Å². The van der Waals surface area contributed by atoms with E-state index in [2.05, 4.69) is 10.3 Å². The number of aromatic nitrogens is 1. The Morgan fingerprint density at radius 2 is 1.74 bits per heavy atom. The highest BCUT2D eigenvalue weighted by Gasteiger charge is 2.28. The number of aliphatic hydroxyl groups is 1. The number of aromatic amines is 1. The third-order valence-electron chi connectivity index (χ3n) is 5.46. The minimum Gasteiger partial charge on any atom is -0.497 e. The number of fused-ring (bicyclic) bond motifs is 1. The lowest BCUT2D eigenvalue weighted by molar-refractivity contribution is 0.0970. The Morgan fingerprint density at radius 3 is 2.49 bits per heavy atom. The largest absolute Gasteiger partial charge is 0.497 e. The lowest BCUT2D eigenvalue weighted by Gasteiger charge is -2.22. The number of rotatable bonds is 10. The van der Waals surface area contributed by atoms with E-state index in [1.807, 2.05) is 0 Å². The van der Waals surface area contributed by atoms with E-state index in [1.54, 1.807) is 18.2 Å². The van der Waals surface area contributed by atoms with Crippen molar-refractivity contribution in [3.63, 3.8) is 0 Å². The summed E-state index contributed by atoms with van der Waals surface area (Å²) < 4.78 is 43.9. The van der Waals surface area contributed by atoms with E-state index in [9.17, 15) is 13.6 Å². The number of carbonyl (C=O) groups excluding carboxylic acids is 1. The fourth-order valence-corrected chi connectivity index (χ4v) is 3.85. The van der Waals surface area contributed by atoms with Crippen LogP contribution >= 0.6 is 0 Å². The summed E-state index contributed by atoms with van der Waals surface area (Å²) in [6.07, 6.45) is 1.51. The van der Waals surface area contributed by atoms with Crippen molar-refractivity contribution in [2.45, 2.75) is 6.04 Å². The molecule has 1 atom stereocenters. The molecular formula is C26H24F2N2O5. The second-order valence-corrected chi connectivity index (χ2v) is 7.69. The molecule has 0 saturated heterocycles. The van der Waals surface area contributed by atoms with Crippen LogP contribution < -0.4 is 19.5 Å². The van der Waals surface area contributed by atoms with Crippen molar-refractivity contribution in [3.8, 4) is 17.2 Å². The van der Waals surface area contributed by atoms with Gasteiger partial charge in [-0.2, -0.15) is 0 Å². The lowest BCUT2D eigenvalue weighted by Crippen LogP contribution is -2.22. The molecule has 9 heteroatoms. The average Bonchev–Trinajstić information content (AvgIpc) is 3.28. The molecule has 182 valence electrons. The molecule has 0 aliphatic carbocycles. The fourth-order valence-electron chi connectivity index (χ4n) is 3.85. The number of anilines is 1. The van der Waals surface area contributed by atoms with Crippen molar-refractivity contribution in [1.29, 1.82) is 0 Å². The summed E-state index contributed by atoms with van der Waals surface area (Å²) in [5.74, 6) is -0.237.